The fraction of sp³-hybridized carbons (Fsp3) is 0.941. The number of hydrogen-bond acceptors (Lipinski definition) is 2. The summed E-state index contributed by atoms with van der Waals surface area (Å²) < 4.78 is 0. The van der Waals surface area contributed by atoms with Crippen molar-refractivity contribution in [1.82, 2.24) is 4.90 Å². The van der Waals surface area contributed by atoms with Crippen molar-refractivity contribution in [2.24, 2.45) is 29.6 Å². The van der Waals surface area contributed by atoms with Crippen LogP contribution in [0.25, 0.3) is 0 Å². The Labute approximate surface area is 121 Å². The molecular formula is C17H27NO2. The van der Waals surface area contributed by atoms with Gasteiger partial charge in [0.1, 0.15) is 0 Å². The van der Waals surface area contributed by atoms with Gasteiger partial charge in [-0.3, -0.25) is 4.79 Å². The number of amides is 1. The summed E-state index contributed by atoms with van der Waals surface area (Å²) in [6.07, 6.45) is 10.2. The summed E-state index contributed by atoms with van der Waals surface area (Å²) in [6.45, 7) is 0.682. The van der Waals surface area contributed by atoms with E-state index < -0.39 is 0 Å². The van der Waals surface area contributed by atoms with Crippen LogP contribution in [0.15, 0.2) is 0 Å². The van der Waals surface area contributed by atoms with Gasteiger partial charge in [-0.1, -0.05) is 0 Å². The second-order valence-corrected chi connectivity index (χ2v) is 7.80. The van der Waals surface area contributed by atoms with E-state index in [2.05, 4.69) is 4.90 Å². The Kier molecular flexibility index (Phi) is 3.29. The Morgan fingerprint density at radius 1 is 1.00 bits per heavy atom. The molecule has 0 heterocycles. The predicted octanol–water partition coefficient (Wildman–Crippen LogP) is 2.43. The number of nitrogens with zero attached hydrogens (tertiary/aromatic N) is 1. The Morgan fingerprint density at radius 2 is 1.60 bits per heavy atom. The fourth-order valence-electron chi connectivity index (χ4n) is 5.80. The van der Waals surface area contributed by atoms with Crippen molar-refractivity contribution in [2.45, 2.75) is 57.4 Å². The van der Waals surface area contributed by atoms with Gasteiger partial charge in [0.15, 0.2) is 0 Å². The zero-order valence-electron chi connectivity index (χ0n) is 12.3. The van der Waals surface area contributed by atoms with Crippen LogP contribution in [0, 0.1) is 29.6 Å². The average Bonchev–Trinajstić information content (AvgIpc) is 2.34. The minimum Gasteiger partial charge on any atom is -0.395 e. The molecule has 0 spiro atoms. The first-order valence-corrected chi connectivity index (χ1v) is 8.67. The molecule has 0 saturated heterocycles. The smallest absolute Gasteiger partial charge is 0.226 e. The van der Waals surface area contributed by atoms with Gasteiger partial charge in [0, 0.05) is 18.5 Å². The zero-order valence-corrected chi connectivity index (χ0v) is 12.3. The third-order valence-corrected chi connectivity index (χ3v) is 6.65. The number of carbonyl (C=O) groups excluding carboxylic acids is 1. The van der Waals surface area contributed by atoms with Gasteiger partial charge >= 0.3 is 0 Å². The number of hydrogen-bond donors (Lipinski definition) is 1. The van der Waals surface area contributed by atoms with Gasteiger partial charge in [-0.15, -0.1) is 0 Å². The van der Waals surface area contributed by atoms with Gasteiger partial charge in [-0.05, 0) is 75.0 Å². The normalized spacial score (nSPS) is 42.5. The molecule has 0 aromatic heterocycles. The van der Waals surface area contributed by atoms with E-state index in [0.29, 0.717) is 36.2 Å². The number of carbonyl (C=O) groups is 1. The van der Waals surface area contributed by atoms with Gasteiger partial charge in [-0.25, -0.2) is 0 Å². The SMILES string of the molecule is O=C(C1C2CC3CC(C2)CC1C3)N(CCO)C1CCC1. The topological polar surface area (TPSA) is 40.5 Å². The van der Waals surface area contributed by atoms with E-state index in [1.54, 1.807) is 0 Å². The van der Waals surface area contributed by atoms with Crippen LogP contribution in [-0.4, -0.2) is 35.1 Å². The van der Waals surface area contributed by atoms with E-state index in [9.17, 15) is 9.90 Å². The van der Waals surface area contributed by atoms with Crippen molar-refractivity contribution in [1.29, 1.82) is 0 Å². The summed E-state index contributed by atoms with van der Waals surface area (Å²) in [5.41, 5.74) is 0. The predicted molar refractivity (Wildman–Crippen MR) is 77.0 cm³/mol. The summed E-state index contributed by atoms with van der Waals surface area (Å²) in [6, 6.07) is 0.437. The molecule has 5 aliphatic rings. The van der Waals surface area contributed by atoms with Gasteiger partial charge in [0.25, 0.3) is 0 Å². The van der Waals surface area contributed by atoms with Crippen molar-refractivity contribution < 1.29 is 9.90 Å². The van der Waals surface area contributed by atoms with Gasteiger partial charge in [-0.2, -0.15) is 0 Å². The lowest BCUT2D eigenvalue weighted by Crippen LogP contribution is -2.55. The highest BCUT2D eigenvalue weighted by Gasteiger charge is 2.52. The van der Waals surface area contributed by atoms with E-state index in [1.807, 2.05) is 0 Å². The quantitative estimate of drug-likeness (QED) is 0.857. The molecule has 3 heteroatoms. The van der Waals surface area contributed by atoms with Crippen molar-refractivity contribution in [3.8, 4) is 0 Å². The third-order valence-electron chi connectivity index (χ3n) is 6.65. The van der Waals surface area contributed by atoms with Crippen LogP contribution in [0.5, 0.6) is 0 Å². The summed E-state index contributed by atoms with van der Waals surface area (Å²) >= 11 is 0. The molecule has 5 fully saturated rings. The van der Waals surface area contributed by atoms with Gasteiger partial charge in [0.05, 0.1) is 6.61 Å². The Hall–Kier alpha value is -0.570. The van der Waals surface area contributed by atoms with Crippen LogP contribution in [0.3, 0.4) is 0 Å². The van der Waals surface area contributed by atoms with Crippen LogP contribution >= 0.6 is 0 Å². The molecule has 3 nitrogen and oxygen atoms in total. The molecule has 5 rings (SSSR count). The fourth-order valence-corrected chi connectivity index (χ4v) is 5.80. The van der Waals surface area contributed by atoms with Gasteiger partial charge in [0.2, 0.25) is 5.91 Å². The van der Waals surface area contributed by atoms with E-state index in [4.69, 9.17) is 0 Å². The van der Waals surface area contributed by atoms with Crippen molar-refractivity contribution in [3.63, 3.8) is 0 Å². The maximum absolute atomic E-state index is 13.1. The molecule has 0 unspecified atom stereocenters. The minimum atomic E-state index is 0.121. The molecule has 0 aliphatic heterocycles. The highest BCUT2D eigenvalue weighted by atomic mass is 16.3. The van der Waals surface area contributed by atoms with Crippen LogP contribution in [0.1, 0.15) is 51.4 Å². The first-order chi connectivity index (χ1) is 9.76. The molecular weight excluding hydrogens is 250 g/mol. The molecule has 0 atom stereocenters. The average molecular weight is 277 g/mol. The molecule has 5 aliphatic carbocycles. The largest absolute Gasteiger partial charge is 0.395 e. The molecule has 112 valence electrons. The maximum Gasteiger partial charge on any atom is 0.226 e. The molecule has 1 amide bonds. The highest BCUT2D eigenvalue weighted by molar-refractivity contribution is 5.80. The summed E-state index contributed by atoms with van der Waals surface area (Å²) in [4.78, 5) is 15.1. The maximum atomic E-state index is 13.1. The van der Waals surface area contributed by atoms with E-state index in [0.717, 1.165) is 24.7 Å². The Bertz CT molecular complexity index is 362. The lowest BCUT2D eigenvalue weighted by Gasteiger charge is -2.55. The summed E-state index contributed by atoms with van der Waals surface area (Å²) in [5.74, 6) is 3.89. The lowest BCUT2D eigenvalue weighted by atomic mass is 9.51. The van der Waals surface area contributed by atoms with Crippen LogP contribution < -0.4 is 0 Å². The molecule has 0 radical (unpaired) electrons. The number of aliphatic hydroxyl groups is 1. The second-order valence-electron chi connectivity index (χ2n) is 7.80. The van der Waals surface area contributed by atoms with Crippen molar-refractivity contribution >= 4 is 5.91 Å². The first kappa shape index (κ1) is 13.1. The molecule has 0 aromatic carbocycles. The van der Waals surface area contributed by atoms with Crippen LogP contribution in [-0.2, 0) is 4.79 Å². The minimum absolute atomic E-state index is 0.121. The summed E-state index contributed by atoms with van der Waals surface area (Å²) in [5, 5.41) is 9.31. The van der Waals surface area contributed by atoms with E-state index >= 15 is 0 Å². The zero-order chi connectivity index (χ0) is 13.7. The van der Waals surface area contributed by atoms with Crippen molar-refractivity contribution in [3.05, 3.63) is 0 Å². The first-order valence-electron chi connectivity index (χ1n) is 8.67. The van der Waals surface area contributed by atoms with Crippen LogP contribution in [0.2, 0.25) is 0 Å². The molecule has 4 bridgehead atoms. The summed E-state index contributed by atoms with van der Waals surface area (Å²) in [7, 11) is 0. The number of aliphatic hydroxyl groups excluding tert-OH is 1. The van der Waals surface area contributed by atoms with Crippen molar-refractivity contribution in [2.75, 3.05) is 13.2 Å². The van der Waals surface area contributed by atoms with E-state index in [-0.39, 0.29) is 6.61 Å². The highest BCUT2D eigenvalue weighted by Crippen LogP contribution is 2.57. The van der Waals surface area contributed by atoms with Crippen LogP contribution in [0.4, 0.5) is 0 Å². The molecule has 0 aromatic rings. The monoisotopic (exact) mass is 277 g/mol. The molecule has 5 saturated carbocycles. The van der Waals surface area contributed by atoms with E-state index in [1.165, 1.54) is 38.5 Å². The second kappa shape index (κ2) is 5.01. The Balaban J connectivity index is 1.52. The third kappa shape index (κ3) is 2.01. The lowest BCUT2D eigenvalue weighted by molar-refractivity contribution is -0.153. The standard InChI is InChI=1S/C17H27NO2/c19-5-4-18(15-2-1-3-15)17(20)16-13-7-11-6-12(9-13)10-14(16)8-11/h11-16,19H,1-10H2. The molecule has 20 heavy (non-hydrogen) atoms. The number of rotatable bonds is 4. The molecule has 1 N–H and O–H groups in total. The Morgan fingerprint density at radius 3 is 2.05 bits per heavy atom. The van der Waals surface area contributed by atoms with Gasteiger partial charge < -0.3 is 10.0 Å².